The van der Waals surface area contributed by atoms with Gasteiger partial charge in [0, 0.05) is 31.7 Å². The summed E-state index contributed by atoms with van der Waals surface area (Å²) in [6.07, 6.45) is 8.19. The average molecular weight is 275 g/mol. The van der Waals surface area contributed by atoms with Crippen LogP contribution in [0.2, 0.25) is 0 Å². The van der Waals surface area contributed by atoms with Crippen molar-refractivity contribution in [1.29, 1.82) is 0 Å². The normalized spacial score (nSPS) is 21.4. The summed E-state index contributed by atoms with van der Waals surface area (Å²) >= 11 is 0. The Balaban J connectivity index is 1.87. The third kappa shape index (κ3) is 2.65. The van der Waals surface area contributed by atoms with Crippen LogP contribution >= 0.6 is 0 Å². The molecule has 0 saturated heterocycles. The minimum Gasteiger partial charge on any atom is -0.331 e. The van der Waals surface area contributed by atoms with Crippen molar-refractivity contribution in [2.24, 2.45) is 11.3 Å². The minimum atomic E-state index is 0.540. The van der Waals surface area contributed by atoms with Crippen LogP contribution in [0.3, 0.4) is 0 Å². The molecule has 0 spiro atoms. The zero-order valence-electron chi connectivity index (χ0n) is 13.3. The number of aromatic nitrogens is 2. The Morgan fingerprint density at radius 2 is 2.05 bits per heavy atom. The molecular formula is C17H29N3. The molecule has 2 heterocycles. The fraction of sp³-hybridized carbons (Fsp3) is 0.824. The molecule has 0 bridgehead atoms. The molecule has 3 nitrogen and oxygen atoms in total. The maximum atomic E-state index is 4.80. The third-order valence-electron chi connectivity index (χ3n) is 5.18. The second-order valence-electron chi connectivity index (χ2n) is 7.37. The summed E-state index contributed by atoms with van der Waals surface area (Å²) in [5, 5.41) is 3.44. The van der Waals surface area contributed by atoms with Gasteiger partial charge in [-0.15, -0.1) is 0 Å². The van der Waals surface area contributed by atoms with Crippen LogP contribution in [0, 0.1) is 18.3 Å². The van der Waals surface area contributed by atoms with Gasteiger partial charge in [-0.2, -0.15) is 0 Å². The van der Waals surface area contributed by atoms with Crippen molar-refractivity contribution in [3.63, 3.8) is 0 Å². The number of nitrogens with one attached hydrogen (secondary N) is 1. The van der Waals surface area contributed by atoms with E-state index in [-0.39, 0.29) is 0 Å². The molecule has 1 N–H and O–H groups in total. The van der Waals surface area contributed by atoms with Crippen LogP contribution in [0.5, 0.6) is 0 Å². The molecule has 0 unspecified atom stereocenters. The quantitative estimate of drug-likeness (QED) is 0.912. The number of hydrogen-bond donors (Lipinski definition) is 1. The monoisotopic (exact) mass is 275 g/mol. The number of hydrogen-bond acceptors (Lipinski definition) is 2. The first-order chi connectivity index (χ1) is 9.60. The van der Waals surface area contributed by atoms with E-state index in [0.29, 0.717) is 5.41 Å². The molecule has 112 valence electrons. The highest BCUT2D eigenvalue weighted by Crippen LogP contribution is 2.45. The lowest BCUT2D eigenvalue weighted by Crippen LogP contribution is -2.30. The lowest BCUT2D eigenvalue weighted by molar-refractivity contribution is 0.193. The Bertz CT molecular complexity index is 467. The molecule has 2 aliphatic rings. The minimum absolute atomic E-state index is 0.540. The predicted molar refractivity (Wildman–Crippen MR) is 82.7 cm³/mol. The van der Waals surface area contributed by atoms with Crippen molar-refractivity contribution in [1.82, 2.24) is 14.9 Å². The summed E-state index contributed by atoms with van der Waals surface area (Å²) in [4.78, 5) is 4.80. The zero-order chi connectivity index (χ0) is 14.2. The highest BCUT2D eigenvalue weighted by Gasteiger charge is 2.36. The molecule has 1 aromatic heterocycles. The van der Waals surface area contributed by atoms with Crippen molar-refractivity contribution < 1.29 is 0 Å². The summed E-state index contributed by atoms with van der Waals surface area (Å²) in [5.74, 6) is 2.03. The smallest absolute Gasteiger partial charge is 0.106 e. The summed E-state index contributed by atoms with van der Waals surface area (Å²) in [6, 6.07) is 0. The van der Waals surface area contributed by atoms with Crippen LogP contribution in [0.1, 0.15) is 63.2 Å². The molecule has 20 heavy (non-hydrogen) atoms. The fourth-order valence-corrected chi connectivity index (χ4v) is 4.47. The molecular weight excluding hydrogens is 246 g/mol. The van der Waals surface area contributed by atoms with Gasteiger partial charge in [-0.1, -0.05) is 26.7 Å². The molecule has 1 fully saturated rings. The van der Waals surface area contributed by atoms with Gasteiger partial charge in [-0.3, -0.25) is 0 Å². The van der Waals surface area contributed by atoms with Crippen LogP contribution in [-0.2, 0) is 19.5 Å². The number of rotatable bonds is 4. The van der Waals surface area contributed by atoms with Crippen LogP contribution in [0.25, 0.3) is 0 Å². The first-order valence-electron chi connectivity index (χ1n) is 8.35. The van der Waals surface area contributed by atoms with Gasteiger partial charge in [0.25, 0.3) is 0 Å². The van der Waals surface area contributed by atoms with Gasteiger partial charge < -0.3 is 9.88 Å². The van der Waals surface area contributed by atoms with Gasteiger partial charge in [-0.25, -0.2) is 4.98 Å². The van der Waals surface area contributed by atoms with Gasteiger partial charge in [0.15, 0.2) is 0 Å². The fourth-order valence-electron chi connectivity index (χ4n) is 4.47. The van der Waals surface area contributed by atoms with Gasteiger partial charge in [-0.05, 0) is 37.5 Å². The lowest BCUT2D eigenvalue weighted by atomic mass is 9.78. The van der Waals surface area contributed by atoms with E-state index in [2.05, 4.69) is 30.7 Å². The molecule has 0 amide bonds. The van der Waals surface area contributed by atoms with Crippen LogP contribution in [-0.4, -0.2) is 16.1 Å². The van der Waals surface area contributed by atoms with E-state index < -0.39 is 0 Å². The lowest BCUT2D eigenvalue weighted by Gasteiger charge is -2.33. The van der Waals surface area contributed by atoms with Crippen molar-refractivity contribution in [3.8, 4) is 0 Å². The van der Waals surface area contributed by atoms with Gasteiger partial charge in [0.2, 0.25) is 0 Å². The Labute approximate surface area is 123 Å². The topological polar surface area (TPSA) is 29.9 Å². The van der Waals surface area contributed by atoms with Crippen molar-refractivity contribution >= 4 is 0 Å². The number of nitrogens with zero attached hydrogens (tertiary/aromatic N) is 2. The SMILES string of the molecule is Cc1nc2c(n1CC1(CC(C)C)CCCC1)CCNC2. The van der Waals surface area contributed by atoms with E-state index >= 15 is 0 Å². The number of imidazole rings is 1. The van der Waals surface area contributed by atoms with Crippen molar-refractivity contribution in [3.05, 3.63) is 17.2 Å². The zero-order valence-corrected chi connectivity index (χ0v) is 13.3. The van der Waals surface area contributed by atoms with Crippen LogP contribution in [0.15, 0.2) is 0 Å². The second kappa shape index (κ2) is 5.51. The van der Waals surface area contributed by atoms with Crippen LogP contribution in [0.4, 0.5) is 0 Å². The Morgan fingerprint density at radius 3 is 2.75 bits per heavy atom. The summed E-state index contributed by atoms with van der Waals surface area (Å²) < 4.78 is 2.56. The maximum absolute atomic E-state index is 4.80. The highest BCUT2D eigenvalue weighted by molar-refractivity contribution is 5.20. The molecule has 1 aromatic rings. The highest BCUT2D eigenvalue weighted by atomic mass is 15.1. The summed E-state index contributed by atoms with van der Waals surface area (Å²) in [6.45, 7) is 10.2. The second-order valence-corrected chi connectivity index (χ2v) is 7.37. The first-order valence-corrected chi connectivity index (χ1v) is 8.35. The van der Waals surface area contributed by atoms with E-state index in [9.17, 15) is 0 Å². The van der Waals surface area contributed by atoms with Gasteiger partial charge in [0.05, 0.1) is 5.69 Å². The molecule has 0 radical (unpaired) electrons. The first kappa shape index (κ1) is 14.1. The number of aryl methyl sites for hydroxylation is 1. The Morgan fingerprint density at radius 1 is 1.30 bits per heavy atom. The maximum Gasteiger partial charge on any atom is 0.106 e. The predicted octanol–water partition coefficient (Wildman–Crippen LogP) is 3.44. The molecule has 0 atom stereocenters. The van der Waals surface area contributed by atoms with Crippen LogP contribution < -0.4 is 5.32 Å². The average Bonchev–Trinajstić information content (AvgIpc) is 2.96. The number of fused-ring (bicyclic) bond motifs is 1. The van der Waals surface area contributed by atoms with E-state index in [1.807, 2.05) is 0 Å². The van der Waals surface area contributed by atoms with E-state index in [0.717, 1.165) is 25.4 Å². The molecule has 1 saturated carbocycles. The standard InChI is InChI=1S/C17H29N3/c1-13(2)10-17(7-4-5-8-17)12-20-14(3)19-15-11-18-9-6-16(15)20/h13,18H,4-12H2,1-3H3. The molecule has 0 aromatic carbocycles. The van der Waals surface area contributed by atoms with Crippen molar-refractivity contribution in [2.45, 2.75) is 72.4 Å². The molecule has 3 rings (SSSR count). The summed E-state index contributed by atoms with van der Waals surface area (Å²) in [7, 11) is 0. The largest absolute Gasteiger partial charge is 0.331 e. The van der Waals surface area contributed by atoms with Gasteiger partial charge in [0.1, 0.15) is 5.82 Å². The van der Waals surface area contributed by atoms with E-state index in [4.69, 9.17) is 4.98 Å². The third-order valence-corrected chi connectivity index (χ3v) is 5.18. The molecule has 1 aliphatic heterocycles. The van der Waals surface area contributed by atoms with E-state index in [1.165, 1.54) is 55.9 Å². The Hall–Kier alpha value is -0.830. The molecule has 3 heteroatoms. The van der Waals surface area contributed by atoms with E-state index in [1.54, 1.807) is 0 Å². The summed E-state index contributed by atoms with van der Waals surface area (Å²) in [5.41, 5.74) is 3.35. The van der Waals surface area contributed by atoms with Crippen molar-refractivity contribution in [2.75, 3.05) is 6.54 Å². The van der Waals surface area contributed by atoms with Gasteiger partial charge >= 0.3 is 0 Å². The molecule has 1 aliphatic carbocycles. The Kier molecular flexibility index (Phi) is 3.89.